The summed E-state index contributed by atoms with van der Waals surface area (Å²) in [5.41, 5.74) is 4.18. The van der Waals surface area contributed by atoms with Gasteiger partial charge in [0.15, 0.2) is 0 Å². The number of rotatable bonds is 2. The molecule has 1 aromatic carbocycles. The van der Waals surface area contributed by atoms with Crippen molar-refractivity contribution >= 4 is 21.6 Å². The highest BCUT2D eigenvalue weighted by Crippen LogP contribution is 2.29. The summed E-state index contributed by atoms with van der Waals surface area (Å²) < 4.78 is 0. The van der Waals surface area contributed by atoms with Crippen LogP contribution in [0.4, 0.5) is 5.69 Å². The number of benzene rings is 1. The van der Waals surface area contributed by atoms with Crippen LogP contribution in [-0.2, 0) is 5.33 Å². The largest absolute Gasteiger partial charge is 0.369 e. The van der Waals surface area contributed by atoms with Crippen LogP contribution in [0.2, 0.25) is 0 Å². The van der Waals surface area contributed by atoms with Gasteiger partial charge in [-0.05, 0) is 55.9 Å². The first-order valence-corrected chi connectivity index (χ1v) is 7.66. The van der Waals surface area contributed by atoms with Crippen molar-refractivity contribution < 1.29 is 0 Å². The number of halogens is 1. The van der Waals surface area contributed by atoms with Gasteiger partial charge in [-0.1, -0.05) is 28.9 Å². The van der Waals surface area contributed by atoms with Crippen LogP contribution in [0.15, 0.2) is 18.2 Å². The SMILES string of the molecule is Cc1cc(N2CC(C)CCC2C)ccc1CBr. The van der Waals surface area contributed by atoms with Crippen LogP contribution in [0.3, 0.4) is 0 Å². The molecule has 1 fully saturated rings. The van der Waals surface area contributed by atoms with Crippen LogP contribution in [0.25, 0.3) is 0 Å². The van der Waals surface area contributed by atoms with Gasteiger partial charge in [0.05, 0.1) is 0 Å². The zero-order chi connectivity index (χ0) is 12.4. The van der Waals surface area contributed by atoms with Crippen LogP contribution < -0.4 is 4.90 Å². The molecule has 0 radical (unpaired) electrons. The second kappa shape index (κ2) is 5.43. The predicted octanol–water partition coefficient (Wildman–Crippen LogP) is 4.51. The fourth-order valence-corrected chi connectivity index (χ4v) is 3.29. The highest BCUT2D eigenvalue weighted by molar-refractivity contribution is 9.08. The van der Waals surface area contributed by atoms with E-state index in [0.29, 0.717) is 6.04 Å². The van der Waals surface area contributed by atoms with Crippen molar-refractivity contribution in [3.05, 3.63) is 29.3 Å². The fraction of sp³-hybridized carbons (Fsp3) is 0.600. The second-order valence-corrected chi connectivity index (χ2v) is 5.99. The van der Waals surface area contributed by atoms with Crippen molar-refractivity contribution in [3.63, 3.8) is 0 Å². The van der Waals surface area contributed by atoms with Crippen LogP contribution in [0.5, 0.6) is 0 Å². The van der Waals surface area contributed by atoms with E-state index in [1.165, 1.54) is 36.2 Å². The molecule has 17 heavy (non-hydrogen) atoms. The van der Waals surface area contributed by atoms with E-state index < -0.39 is 0 Å². The zero-order valence-electron chi connectivity index (χ0n) is 11.0. The fourth-order valence-electron chi connectivity index (χ4n) is 2.66. The van der Waals surface area contributed by atoms with E-state index >= 15 is 0 Å². The molecule has 1 aliphatic heterocycles. The van der Waals surface area contributed by atoms with Crippen LogP contribution >= 0.6 is 15.9 Å². The lowest BCUT2D eigenvalue weighted by Gasteiger charge is -2.39. The first-order chi connectivity index (χ1) is 8.11. The Hall–Kier alpha value is -0.500. The molecule has 2 unspecified atom stereocenters. The first-order valence-electron chi connectivity index (χ1n) is 6.54. The van der Waals surface area contributed by atoms with Gasteiger partial charge in [0.25, 0.3) is 0 Å². The van der Waals surface area contributed by atoms with E-state index in [1.807, 2.05) is 0 Å². The maximum absolute atomic E-state index is 3.54. The van der Waals surface area contributed by atoms with Gasteiger partial charge in [-0.25, -0.2) is 0 Å². The van der Waals surface area contributed by atoms with Crippen LogP contribution in [0.1, 0.15) is 37.8 Å². The third-order valence-corrected chi connectivity index (χ3v) is 4.52. The summed E-state index contributed by atoms with van der Waals surface area (Å²) in [7, 11) is 0. The summed E-state index contributed by atoms with van der Waals surface area (Å²) in [6, 6.07) is 7.55. The minimum absolute atomic E-state index is 0.681. The zero-order valence-corrected chi connectivity index (χ0v) is 12.6. The lowest BCUT2D eigenvalue weighted by molar-refractivity contribution is 0.390. The maximum Gasteiger partial charge on any atom is 0.0371 e. The van der Waals surface area contributed by atoms with Gasteiger partial charge >= 0.3 is 0 Å². The molecule has 0 N–H and O–H groups in total. The molecule has 0 amide bonds. The summed E-state index contributed by atoms with van der Waals surface area (Å²) in [5, 5.41) is 0.949. The number of alkyl halides is 1. The molecular formula is C15H22BrN. The van der Waals surface area contributed by atoms with Gasteiger partial charge in [-0.2, -0.15) is 0 Å². The third kappa shape index (κ3) is 2.85. The summed E-state index contributed by atoms with van der Waals surface area (Å²) in [4.78, 5) is 2.57. The van der Waals surface area contributed by atoms with Crippen molar-refractivity contribution in [3.8, 4) is 0 Å². The van der Waals surface area contributed by atoms with Crippen molar-refractivity contribution in [1.29, 1.82) is 0 Å². The Morgan fingerprint density at radius 2 is 2.06 bits per heavy atom. The van der Waals surface area contributed by atoms with Crippen molar-refractivity contribution in [2.45, 2.75) is 45.0 Å². The summed E-state index contributed by atoms with van der Waals surface area (Å²) in [6.07, 6.45) is 2.69. The van der Waals surface area contributed by atoms with Crippen molar-refractivity contribution in [2.24, 2.45) is 5.92 Å². The van der Waals surface area contributed by atoms with Gasteiger partial charge in [0, 0.05) is 23.6 Å². The summed E-state index contributed by atoms with van der Waals surface area (Å²) in [5.74, 6) is 0.822. The highest BCUT2D eigenvalue weighted by atomic mass is 79.9. The lowest BCUT2D eigenvalue weighted by atomic mass is 9.94. The summed E-state index contributed by atoms with van der Waals surface area (Å²) in [6.45, 7) is 8.12. The van der Waals surface area contributed by atoms with Gasteiger partial charge in [0.1, 0.15) is 0 Å². The average Bonchev–Trinajstić information content (AvgIpc) is 2.32. The van der Waals surface area contributed by atoms with E-state index in [9.17, 15) is 0 Å². The molecule has 0 aliphatic carbocycles. The Bertz CT molecular complexity index is 389. The van der Waals surface area contributed by atoms with E-state index in [2.05, 4.69) is 59.8 Å². The number of anilines is 1. The normalized spacial score (nSPS) is 25.1. The molecule has 2 rings (SSSR count). The molecule has 1 aliphatic rings. The Balaban J connectivity index is 2.23. The quantitative estimate of drug-likeness (QED) is 0.726. The minimum atomic E-state index is 0.681. The van der Waals surface area contributed by atoms with Gasteiger partial charge in [-0.15, -0.1) is 0 Å². The number of nitrogens with zero attached hydrogens (tertiary/aromatic N) is 1. The number of hydrogen-bond donors (Lipinski definition) is 0. The Kier molecular flexibility index (Phi) is 4.13. The minimum Gasteiger partial charge on any atom is -0.369 e. The molecular weight excluding hydrogens is 274 g/mol. The number of piperidine rings is 1. The Labute approximate surface area is 113 Å². The van der Waals surface area contributed by atoms with Gasteiger partial charge in [0.2, 0.25) is 0 Å². The number of hydrogen-bond acceptors (Lipinski definition) is 1. The Morgan fingerprint density at radius 1 is 1.29 bits per heavy atom. The van der Waals surface area contributed by atoms with Gasteiger partial charge < -0.3 is 4.90 Å². The molecule has 0 spiro atoms. The highest BCUT2D eigenvalue weighted by Gasteiger charge is 2.23. The third-order valence-electron chi connectivity index (χ3n) is 3.92. The molecule has 1 saturated heterocycles. The molecule has 0 aromatic heterocycles. The average molecular weight is 296 g/mol. The molecule has 2 atom stereocenters. The monoisotopic (exact) mass is 295 g/mol. The lowest BCUT2D eigenvalue weighted by Crippen LogP contribution is -2.41. The molecule has 2 heteroatoms. The van der Waals surface area contributed by atoms with E-state index in [-0.39, 0.29) is 0 Å². The standard InChI is InChI=1S/C15H22BrN/c1-11-4-5-13(3)17(10-11)15-7-6-14(9-16)12(2)8-15/h6-8,11,13H,4-5,9-10H2,1-3H3. The molecule has 1 nitrogen and oxygen atoms in total. The summed E-state index contributed by atoms with van der Waals surface area (Å²) >= 11 is 3.54. The van der Waals surface area contributed by atoms with Crippen LogP contribution in [-0.4, -0.2) is 12.6 Å². The smallest absolute Gasteiger partial charge is 0.0371 e. The van der Waals surface area contributed by atoms with E-state index in [1.54, 1.807) is 0 Å². The maximum atomic E-state index is 3.54. The van der Waals surface area contributed by atoms with Crippen molar-refractivity contribution in [1.82, 2.24) is 0 Å². The second-order valence-electron chi connectivity index (χ2n) is 5.43. The molecule has 0 bridgehead atoms. The molecule has 1 aromatic rings. The molecule has 1 heterocycles. The van der Waals surface area contributed by atoms with Gasteiger partial charge in [-0.3, -0.25) is 0 Å². The van der Waals surface area contributed by atoms with E-state index in [0.717, 1.165) is 11.2 Å². The first kappa shape index (κ1) is 12.9. The van der Waals surface area contributed by atoms with Crippen molar-refractivity contribution in [2.75, 3.05) is 11.4 Å². The van der Waals surface area contributed by atoms with E-state index in [4.69, 9.17) is 0 Å². The topological polar surface area (TPSA) is 3.24 Å². The number of aryl methyl sites for hydroxylation is 1. The molecule has 94 valence electrons. The van der Waals surface area contributed by atoms with Crippen LogP contribution in [0, 0.1) is 12.8 Å². The predicted molar refractivity (Wildman–Crippen MR) is 79.0 cm³/mol. The Morgan fingerprint density at radius 3 is 2.71 bits per heavy atom. The molecule has 0 saturated carbocycles.